The van der Waals surface area contributed by atoms with Gasteiger partial charge in [-0.1, -0.05) is 65.7 Å². The lowest BCUT2D eigenvalue weighted by Crippen LogP contribution is -2.35. The summed E-state index contributed by atoms with van der Waals surface area (Å²) in [5.74, 6) is -1.31. The standard InChI is InChI=1S/C22H17Cl2NO4S/c23-15-8-4-9-16(21(15)24)25-17(12-18(26)14-6-2-1-3-7-14)22(28)29-13-19(27)20-10-5-11-30-20/h1-11,17,25H,12-13H2/t17-/m0/s1. The molecule has 0 aliphatic heterocycles. The number of anilines is 1. The van der Waals surface area contributed by atoms with Crippen LogP contribution in [0.15, 0.2) is 66.0 Å². The zero-order valence-electron chi connectivity index (χ0n) is 15.6. The molecular weight excluding hydrogens is 445 g/mol. The molecule has 1 atom stereocenters. The van der Waals surface area contributed by atoms with Gasteiger partial charge in [-0.25, -0.2) is 4.79 Å². The molecule has 8 heteroatoms. The summed E-state index contributed by atoms with van der Waals surface area (Å²) in [6.07, 6.45) is -0.182. The zero-order chi connectivity index (χ0) is 21.5. The zero-order valence-corrected chi connectivity index (χ0v) is 18.0. The van der Waals surface area contributed by atoms with Crippen LogP contribution in [0.1, 0.15) is 26.5 Å². The van der Waals surface area contributed by atoms with Gasteiger partial charge in [0.15, 0.2) is 12.4 Å². The van der Waals surface area contributed by atoms with E-state index in [1.807, 2.05) is 0 Å². The van der Waals surface area contributed by atoms with Crippen LogP contribution in [0.3, 0.4) is 0 Å². The average Bonchev–Trinajstić information content (AvgIpc) is 3.30. The molecule has 30 heavy (non-hydrogen) atoms. The molecule has 0 bridgehead atoms. The maximum atomic E-state index is 12.7. The number of esters is 1. The summed E-state index contributed by atoms with van der Waals surface area (Å²) in [7, 11) is 0. The van der Waals surface area contributed by atoms with Gasteiger partial charge in [0.2, 0.25) is 5.78 Å². The second kappa shape index (κ2) is 10.4. The molecule has 0 aliphatic carbocycles. The van der Waals surface area contributed by atoms with Crippen LogP contribution in [0.25, 0.3) is 0 Å². The lowest BCUT2D eigenvalue weighted by Gasteiger charge is -2.19. The van der Waals surface area contributed by atoms with E-state index < -0.39 is 18.6 Å². The minimum Gasteiger partial charge on any atom is -0.456 e. The van der Waals surface area contributed by atoms with Gasteiger partial charge in [0, 0.05) is 12.0 Å². The fraction of sp³-hybridized carbons (Fsp3) is 0.136. The summed E-state index contributed by atoms with van der Waals surface area (Å²) in [5, 5.41) is 5.21. The number of nitrogens with one attached hydrogen (secondary N) is 1. The quantitative estimate of drug-likeness (QED) is 0.334. The van der Waals surface area contributed by atoms with Gasteiger partial charge >= 0.3 is 5.97 Å². The van der Waals surface area contributed by atoms with Crippen LogP contribution in [0.2, 0.25) is 10.0 Å². The highest BCUT2D eigenvalue weighted by Crippen LogP contribution is 2.30. The van der Waals surface area contributed by atoms with Crippen molar-refractivity contribution in [3.63, 3.8) is 0 Å². The Morgan fingerprint density at radius 3 is 2.40 bits per heavy atom. The van der Waals surface area contributed by atoms with Crippen molar-refractivity contribution in [3.8, 4) is 0 Å². The molecule has 0 fully saturated rings. The number of halogens is 2. The number of ether oxygens (including phenoxy) is 1. The highest BCUT2D eigenvalue weighted by molar-refractivity contribution is 7.12. The number of Topliss-reactive ketones (excluding diaryl/α,β-unsaturated/α-hetero) is 2. The predicted octanol–water partition coefficient (Wildman–Crippen LogP) is 5.53. The van der Waals surface area contributed by atoms with Crippen molar-refractivity contribution < 1.29 is 19.1 Å². The normalized spacial score (nSPS) is 11.5. The monoisotopic (exact) mass is 461 g/mol. The summed E-state index contributed by atoms with van der Waals surface area (Å²) >= 11 is 13.5. The Hall–Kier alpha value is -2.67. The van der Waals surface area contributed by atoms with Crippen LogP contribution in [-0.4, -0.2) is 30.2 Å². The molecule has 2 aromatic carbocycles. The highest BCUT2D eigenvalue weighted by atomic mass is 35.5. The summed E-state index contributed by atoms with van der Waals surface area (Å²) in [4.78, 5) is 38.0. The van der Waals surface area contributed by atoms with Crippen molar-refractivity contribution in [2.45, 2.75) is 12.5 Å². The van der Waals surface area contributed by atoms with Crippen LogP contribution in [0, 0.1) is 0 Å². The first-order valence-electron chi connectivity index (χ1n) is 8.98. The molecule has 5 nitrogen and oxygen atoms in total. The number of benzene rings is 2. The maximum absolute atomic E-state index is 12.7. The van der Waals surface area contributed by atoms with Gasteiger partial charge in [-0.05, 0) is 23.6 Å². The van der Waals surface area contributed by atoms with E-state index in [2.05, 4.69) is 5.32 Å². The van der Waals surface area contributed by atoms with E-state index in [9.17, 15) is 14.4 Å². The lowest BCUT2D eigenvalue weighted by molar-refractivity contribution is -0.143. The Balaban J connectivity index is 1.75. The van der Waals surface area contributed by atoms with Gasteiger partial charge < -0.3 is 10.1 Å². The van der Waals surface area contributed by atoms with E-state index in [1.165, 1.54) is 11.3 Å². The average molecular weight is 462 g/mol. The number of carbonyl (C=O) groups is 3. The van der Waals surface area contributed by atoms with Gasteiger partial charge in [-0.2, -0.15) is 0 Å². The molecule has 1 aromatic heterocycles. The first kappa shape index (κ1) is 22.0. The highest BCUT2D eigenvalue weighted by Gasteiger charge is 2.26. The molecule has 154 valence electrons. The Bertz CT molecular complexity index is 1040. The molecule has 0 spiro atoms. The van der Waals surface area contributed by atoms with Crippen LogP contribution in [0.5, 0.6) is 0 Å². The number of rotatable bonds is 9. The van der Waals surface area contributed by atoms with Gasteiger partial charge in [0.1, 0.15) is 6.04 Å². The largest absolute Gasteiger partial charge is 0.456 e. The van der Waals surface area contributed by atoms with Gasteiger partial charge in [-0.3, -0.25) is 9.59 Å². The van der Waals surface area contributed by atoms with E-state index >= 15 is 0 Å². The second-order valence-corrected chi connectivity index (χ2v) is 8.03. The van der Waals surface area contributed by atoms with Gasteiger partial charge in [-0.15, -0.1) is 11.3 Å². The number of ketones is 2. The van der Waals surface area contributed by atoms with E-state index in [4.69, 9.17) is 27.9 Å². The summed E-state index contributed by atoms with van der Waals surface area (Å²) in [6, 6.07) is 15.9. The lowest BCUT2D eigenvalue weighted by atomic mass is 10.0. The number of carbonyl (C=O) groups excluding carboxylic acids is 3. The van der Waals surface area contributed by atoms with Crippen LogP contribution >= 0.6 is 34.5 Å². The SMILES string of the molecule is O=C(C[C@H](Nc1cccc(Cl)c1Cl)C(=O)OCC(=O)c1cccs1)c1ccccc1. The third-order valence-electron chi connectivity index (χ3n) is 4.19. The molecular formula is C22H17Cl2NO4S. The van der Waals surface area contributed by atoms with E-state index in [0.29, 0.717) is 21.2 Å². The van der Waals surface area contributed by atoms with Crippen LogP contribution in [-0.2, 0) is 9.53 Å². The molecule has 1 heterocycles. The molecule has 0 radical (unpaired) electrons. The van der Waals surface area contributed by atoms with Crippen LogP contribution in [0.4, 0.5) is 5.69 Å². The number of thiophene rings is 1. The maximum Gasteiger partial charge on any atom is 0.329 e. The van der Waals surface area contributed by atoms with Crippen molar-refractivity contribution >= 4 is 57.8 Å². The Kier molecular flexibility index (Phi) is 7.63. The number of hydrogen-bond acceptors (Lipinski definition) is 6. The van der Waals surface area contributed by atoms with E-state index in [1.54, 1.807) is 66.0 Å². The topological polar surface area (TPSA) is 72.5 Å². The Morgan fingerprint density at radius 1 is 0.933 bits per heavy atom. The minimum atomic E-state index is -1.05. The smallest absolute Gasteiger partial charge is 0.329 e. The van der Waals surface area contributed by atoms with Crippen molar-refractivity contribution in [1.29, 1.82) is 0 Å². The summed E-state index contributed by atoms with van der Waals surface area (Å²) < 4.78 is 5.20. The molecule has 1 N–H and O–H groups in total. The first-order chi connectivity index (χ1) is 14.5. The molecule has 0 saturated heterocycles. The molecule has 3 rings (SSSR count). The number of hydrogen-bond donors (Lipinski definition) is 1. The fourth-order valence-corrected chi connectivity index (χ4v) is 3.68. The third-order valence-corrected chi connectivity index (χ3v) is 5.92. The van der Waals surface area contributed by atoms with Gasteiger partial charge in [0.25, 0.3) is 0 Å². The second-order valence-electron chi connectivity index (χ2n) is 6.30. The minimum absolute atomic E-state index is 0.182. The Morgan fingerprint density at radius 2 is 1.70 bits per heavy atom. The van der Waals surface area contributed by atoms with E-state index in [0.717, 1.165) is 0 Å². The van der Waals surface area contributed by atoms with Crippen LogP contribution < -0.4 is 5.32 Å². The van der Waals surface area contributed by atoms with Crippen molar-refractivity contribution in [2.75, 3.05) is 11.9 Å². The summed E-state index contributed by atoms with van der Waals surface area (Å²) in [5.41, 5.74) is 0.848. The predicted molar refractivity (Wildman–Crippen MR) is 119 cm³/mol. The van der Waals surface area contributed by atoms with Crippen molar-refractivity contribution in [2.24, 2.45) is 0 Å². The fourth-order valence-electron chi connectivity index (χ4n) is 2.67. The third kappa shape index (κ3) is 5.69. The Labute approximate surface area is 187 Å². The molecule has 0 amide bonds. The molecule has 0 unspecified atom stereocenters. The molecule has 0 saturated carbocycles. The first-order valence-corrected chi connectivity index (χ1v) is 10.6. The van der Waals surface area contributed by atoms with Crippen molar-refractivity contribution in [3.05, 3.63) is 86.5 Å². The van der Waals surface area contributed by atoms with Crippen molar-refractivity contribution in [1.82, 2.24) is 0 Å². The molecule has 3 aromatic rings. The summed E-state index contributed by atoms with van der Waals surface area (Å²) in [6.45, 7) is -0.416. The molecule has 0 aliphatic rings. The van der Waals surface area contributed by atoms with E-state index in [-0.39, 0.29) is 23.0 Å². The van der Waals surface area contributed by atoms with Gasteiger partial charge in [0.05, 0.1) is 20.6 Å².